The van der Waals surface area contributed by atoms with E-state index in [9.17, 15) is 13.2 Å². The summed E-state index contributed by atoms with van der Waals surface area (Å²) in [4.78, 5) is 19.3. The van der Waals surface area contributed by atoms with Gasteiger partial charge in [-0.15, -0.1) is 0 Å². The Kier molecular flexibility index (Phi) is 4.27. The first kappa shape index (κ1) is 16.6. The lowest BCUT2D eigenvalue weighted by atomic mass is 9.78. The number of aliphatic imine (C=N–C) groups is 1. The van der Waals surface area contributed by atoms with E-state index in [1.54, 1.807) is 24.3 Å². The van der Waals surface area contributed by atoms with Crippen LogP contribution in [0, 0.1) is 5.92 Å². The average Bonchev–Trinajstić information content (AvgIpc) is 2.90. The second kappa shape index (κ2) is 6.44. The standard InChI is InChI=1S/C18H23N3O3S/c22-17(21-11-5-7-13-6-1-3-9-15(13)21)12-19-18-14-8-2-4-10-16(14)25(23,24)20-18/h2,4,8,10,13,15H,1,3,5-7,9,11-12H2,(H,19,20)/t13-,15-/m0/s1. The van der Waals surface area contributed by atoms with E-state index in [0.717, 1.165) is 19.4 Å². The number of likely N-dealkylation sites (tertiary alicyclic amines) is 1. The van der Waals surface area contributed by atoms with Crippen molar-refractivity contribution in [3.63, 3.8) is 0 Å². The number of benzene rings is 1. The molecular weight excluding hydrogens is 338 g/mol. The van der Waals surface area contributed by atoms with Crippen LogP contribution < -0.4 is 4.72 Å². The number of amides is 1. The predicted octanol–water partition coefficient (Wildman–Crippen LogP) is 1.91. The molecule has 0 aromatic heterocycles. The van der Waals surface area contributed by atoms with Crippen LogP contribution in [0.5, 0.6) is 0 Å². The molecule has 4 rings (SSSR count). The fourth-order valence-corrected chi connectivity index (χ4v) is 5.67. The molecule has 1 aromatic carbocycles. The Morgan fingerprint density at radius 3 is 2.80 bits per heavy atom. The van der Waals surface area contributed by atoms with Crippen molar-refractivity contribution in [3.05, 3.63) is 29.8 Å². The second-order valence-electron chi connectivity index (χ2n) is 7.11. The van der Waals surface area contributed by atoms with Crippen LogP contribution in [0.4, 0.5) is 0 Å². The van der Waals surface area contributed by atoms with Crippen LogP contribution in [0.1, 0.15) is 44.1 Å². The molecule has 1 amide bonds. The van der Waals surface area contributed by atoms with E-state index in [-0.39, 0.29) is 23.2 Å². The summed E-state index contributed by atoms with van der Waals surface area (Å²) in [6, 6.07) is 7.08. The maximum atomic E-state index is 12.7. The summed E-state index contributed by atoms with van der Waals surface area (Å²) >= 11 is 0. The zero-order chi connectivity index (χ0) is 17.4. The van der Waals surface area contributed by atoms with Crippen LogP contribution in [0.25, 0.3) is 0 Å². The van der Waals surface area contributed by atoms with Crippen molar-refractivity contribution in [1.29, 1.82) is 0 Å². The van der Waals surface area contributed by atoms with Crippen LogP contribution >= 0.6 is 0 Å². The van der Waals surface area contributed by atoms with Gasteiger partial charge in [0.1, 0.15) is 12.4 Å². The van der Waals surface area contributed by atoms with Crippen molar-refractivity contribution >= 4 is 21.8 Å². The van der Waals surface area contributed by atoms with E-state index in [2.05, 4.69) is 9.71 Å². The van der Waals surface area contributed by atoms with Crippen LogP contribution in [0.15, 0.2) is 34.2 Å². The quantitative estimate of drug-likeness (QED) is 0.874. The third-order valence-corrected chi connectivity index (χ3v) is 7.00. The summed E-state index contributed by atoms with van der Waals surface area (Å²) in [6.45, 7) is 0.794. The van der Waals surface area contributed by atoms with E-state index in [0.29, 0.717) is 17.5 Å². The molecule has 0 radical (unpaired) electrons. The van der Waals surface area contributed by atoms with Gasteiger partial charge in [0.15, 0.2) is 0 Å². The zero-order valence-electron chi connectivity index (χ0n) is 14.1. The van der Waals surface area contributed by atoms with Gasteiger partial charge >= 0.3 is 0 Å². The Morgan fingerprint density at radius 2 is 1.92 bits per heavy atom. The number of fused-ring (bicyclic) bond motifs is 2. The number of hydrogen-bond acceptors (Lipinski definition) is 4. The van der Waals surface area contributed by atoms with Gasteiger partial charge < -0.3 is 4.90 Å². The topological polar surface area (TPSA) is 78.8 Å². The first-order valence-corrected chi connectivity index (χ1v) is 10.5. The number of piperidine rings is 1. The highest BCUT2D eigenvalue weighted by molar-refractivity contribution is 7.90. The molecular formula is C18H23N3O3S. The van der Waals surface area contributed by atoms with Gasteiger partial charge in [0.2, 0.25) is 5.91 Å². The second-order valence-corrected chi connectivity index (χ2v) is 8.76. The van der Waals surface area contributed by atoms with E-state index >= 15 is 0 Å². The summed E-state index contributed by atoms with van der Waals surface area (Å²) < 4.78 is 26.7. The van der Waals surface area contributed by atoms with Gasteiger partial charge in [0.25, 0.3) is 10.0 Å². The summed E-state index contributed by atoms with van der Waals surface area (Å²) in [5.74, 6) is 0.915. The minimum atomic E-state index is -3.55. The van der Waals surface area contributed by atoms with E-state index in [1.807, 2.05) is 4.90 Å². The highest BCUT2D eigenvalue weighted by Gasteiger charge is 2.36. The number of amidine groups is 1. The lowest BCUT2D eigenvalue weighted by molar-refractivity contribution is -0.135. The highest BCUT2D eigenvalue weighted by atomic mass is 32.2. The number of hydrogen-bond donors (Lipinski definition) is 1. The molecule has 0 spiro atoms. The van der Waals surface area contributed by atoms with Gasteiger partial charge in [-0.05, 0) is 43.7 Å². The van der Waals surface area contributed by atoms with Gasteiger partial charge in [-0.25, -0.2) is 8.42 Å². The summed E-state index contributed by atoms with van der Waals surface area (Å²) in [6.07, 6.45) is 7.03. The molecule has 25 heavy (non-hydrogen) atoms. The maximum Gasteiger partial charge on any atom is 0.263 e. The van der Waals surface area contributed by atoms with Crippen molar-refractivity contribution < 1.29 is 13.2 Å². The number of rotatable bonds is 2. The summed E-state index contributed by atoms with van der Waals surface area (Å²) in [5.41, 5.74) is 0.546. The lowest BCUT2D eigenvalue weighted by Gasteiger charge is -2.44. The fourth-order valence-electron chi connectivity index (χ4n) is 4.42. The first-order chi connectivity index (χ1) is 12.1. The van der Waals surface area contributed by atoms with Gasteiger partial charge in [-0.2, -0.15) is 0 Å². The lowest BCUT2D eigenvalue weighted by Crippen LogP contribution is -2.50. The Bertz CT molecular complexity index is 817. The minimum Gasteiger partial charge on any atom is -0.338 e. The van der Waals surface area contributed by atoms with Crippen molar-refractivity contribution in [3.8, 4) is 0 Å². The molecule has 2 atom stereocenters. The van der Waals surface area contributed by atoms with Gasteiger partial charge in [-0.3, -0.25) is 14.5 Å². The van der Waals surface area contributed by atoms with Crippen LogP contribution in [0.2, 0.25) is 0 Å². The Hall–Kier alpha value is -1.89. The smallest absolute Gasteiger partial charge is 0.263 e. The van der Waals surface area contributed by atoms with Gasteiger partial charge in [-0.1, -0.05) is 25.0 Å². The van der Waals surface area contributed by atoms with Crippen molar-refractivity contribution in [1.82, 2.24) is 9.62 Å². The number of carbonyl (C=O) groups excluding carboxylic acids is 1. The molecule has 1 saturated heterocycles. The first-order valence-electron chi connectivity index (χ1n) is 9.02. The van der Waals surface area contributed by atoms with Crippen molar-refractivity contribution in [2.75, 3.05) is 13.1 Å². The number of nitrogens with one attached hydrogen (secondary N) is 1. The third-order valence-electron chi connectivity index (χ3n) is 5.60. The normalized spacial score (nSPS) is 29.0. The van der Waals surface area contributed by atoms with E-state index < -0.39 is 10.0 Å². The molecule has 0 unspecified atom stereocenters. The average molecular weight is 361 g/mol. The molecule has 6 nitrogen and oxygen atoms in total. The van der Waals surface area contributed by atoms with Crippen molar-refractivity contribution in [2.45, 2.75) is 49.5 Å². The summed E-state index contributed by atoms with van der Waals surface area (Å²) in [5, 5.41) is 0. The molecule has 1 saturated carbocycles. The Morgan fingerprint density at radius 1 is 1.16 bits per heavy atom. The largest absolute Gasteiger partial charge is 0.338 e. The molecule has 7 heteroatoms. The zero-order valence-corrected chi connectivity index (χ0v) is 15.0. The van der Waals surface area contributed by atoms with E-state index in [4.69, 9.17) is 0 Å². The predicted molar refractivity (Wildman–Crippen MR) is 94.9 cm³/mol. The minimum absolute atomic E-state index is 0.00456. The summed E-state index contributed by atoms with van der Waals surface area (Å²) in [7, 11) is -3.55. The number of nitrogens with zero attached hydrogens (tertiary/aromatic N) is 2. The molecule has 1 aromatic rings. The molecule has 2 fully saturated rings. The SMILES string of the molecule is O=C(CN=C1NS(=O)(=O)c2ccccc21)N1CCC[C@@H]2CCCC[C@@H]21. The molecule has 1 N–H and O–H groups in total. The number of sulfonamides is 1. The molecule has 0 bridgehead atoms. The Balaban J connectivity index is 1.51. The fraction of sp³-hybridized carbons (Fsp3) is 0.556. The molecule has 2 aliphatic heterocycles. The molecule has 134 valence electrons. The van der Waals surface area contributed by atoms with Crippen LogP contribution in [-0.4, -0.2) is 44.2 Å². The van der Waals surface area contributed by atoms with Gasteiger partial charge in [0, 0.05) is 18.2 Å². The number of carbonyl (C=O) groups is 1. The highest BCUT2D eigenvalue weighted by Crippen LogP contribution is 2.35. The molecule has 1 aliphatic carbocycles. The van der Waals surface area contributed by atoms with Crippen LogP contribution in [0.3, 0.4) is 0 Å². The van der Waals surface area contributed by atoms with Gasteiger partial charge in [0.05, 0.1) is 4.90 Å². The maximum absolute atomic E-state index is 12.7. The van der Waals surface area contributed by atoms with E-state index in [1.165, 1.54) is 25.7 Å². The molecule has 2 heterocycles. The Labute approximate surface area is 148 Å². The monoisotopic (exact) mass is 361 g/mol. The molecule has 3 aliphatic rings. The van der Waals surface area contributed by atoms with Crippen LogP contribution in [-0.2, 0) is 14.8 Å². The third kappa shape index (κ3) is 3.05. The van der Waals surface area contributed by atoms with Crippen molar-refractivity contribution in [2.24, 2.45) is 10.9 Å².